The molecular formula is C15H21NO3S. The third kappa shape index (κ3) is 3.05. The van der Waals surface area contributed by atoms with E-state index in [-0.39, 0.29) is 6.61 Å². The first-order valence-corrected chi connectivity index (χ1v) is 8.12. The lowest BCUT2D eigenvalue weighted by Crippen LogP contribution is -2.48. The van der Waals surface area contributed by atoms with E-state index < -0.39 is 5.54 Å². The first-order valence-electron chi connectivity index (χ1n) is 7.13. The van der Waals surface area contributed by atoms with Gasteiger partial charge in [-0.25, -0.2) is 0 Å². The lowest BCUT2D eigenvalue weighted by molar-refractivity contribution is 0.194. The van der Waals surface area contributed by atoms with Crippen LogP contribution < -0.4 is 15.2 Å². The second kappa shape index (κ2) is 5.84. The number of benzene rings is 1. The van der Waals surface area contributed by atoms with Crippen LogP contribution in [0.5, 0.6) is 11.5 Å². The van der Waals surface area contributed by atoms with Crippen molar-refractivity contribution in [3.05, 3.63) is 18.2 Å². The molecule has 0 saturated heterocycles. The van der Waals surface area contributed by atoms with Crippen molar-refractivity contribution in [3.63, 3.8) is 0 Å². The molecule has 1 fully saturated rings. The van der Waals surface area contributed by atoms with Gasteiger partial charge in [0.25, 0.3) is 0 Å². The lowest BCUT2D eigenvalue weighted by atomic mass is 9.99. The number of hydrogen-bond donors (Lipinski definition) is 2. The second-order valence-corrected chi connectivity index (χ2v) is 6.66. The van der Waals surface area contributed by atoms with Crippen molar-refractivity contribution in [1.82, 2.24) is 0 Å². The molecular weight excluding hydrogens is 274 g/mol. The summed E-state index contributed by atoms with van der Waals surface area (Å²) in [6, 6.07) is 6.00. The van der Waals surface area contributed by atoms with Crippen molar-refractivity contribution in [2.75, 3.05) is 25.6 Å². The van der Waals surface area contributed by atoms with Crippen LogP contribution in [0.4, 0.5) is 0 Å². The molecule has 0 amide bonds. The minimum absolute atomic E-state index is 0.0508. The van der Waals surface area contributed by atoms with Crippen LogP contribution in [0.2, 0.25) is 0 Å². The average molecular weight is 295 g/mol. The zero-order chi connectivity index (χ0) is 14.0. The quantitative estimate of drug-likeness (QED) is 0.814. The Labute approximate surface area is 123 Å². The number of nitrogens with two attached hydrogens (primary N) is 1. The summed E-state index contributed by atoms with van der Waals surface area (Å²) in [4.78, 5) is 1.11. The van der Waals surface area contributed by atoms with E-state index in [1.807, 2.05) is 18.2 Å². The van der Waals surface area contributed by atoms with Gasteiger partial charge in [0.1, 0.15) is 0 Å². The van der Waals surface area contributed by atoms with Gasteiger partial charge in [-0.15, -0.1) is 11.8 Å². The topological polar surface area (TPSA) is 64.7 Å². The van der Waals surface area contributed by atoms with Gasteiger partial charge in [-0.3, -0.25) is 0 Å². The molecule has 1 unspecified atom stereocenters. The van der Waals surface area contributed by atoms with Crippen molar-refractivity contribution in [1.29, 1.82) is 0 Å². The molecule has 1 aliphatic heterocycles. The minimum Gasteiger partial charge on any atom is -0.490 e. The Morgan fingerprint density at radius 1 is 1.25 bits per heavy atom. The highest BCUT2D eigenvalue weighted by Gasteiger charge is 2.41. The van der Waals surface area contributed by atoms with Gasteiger partial charge in [0.15, 0.2) is 11.5 Å². The predicted molar refractivity (Wildman–Crippen MR) is 79.5 cm³/mol. The molecule has 1 aromatic carbocycles. The molecule has 1 aliphatic carbocycles. The van der Waals surface area contributed by atoms with Crippen molar-refractivity contribution in [2.24, 2.45) is 11.7 Å². The summed E-state index contributed by atoms with van der Waals surface area (Å²) in [6.45, 7) is 1.45. The Bertz CT molecular complexity index is 478. The van der Waals surface area contributed by atoms with E-state index in [0.29, 0.717) is 19.1 Å². The summed E-state index contributed by atoms with van der Waals surface area (Å²) in [7, 11) is 0. The van der Waals surface area contributed by atoms with Crippen LogP contribution >= 0.6 is 11.8 Å². The molecule has 0 radical (unpaired) electrons. The van der Waals surface area contributed by atoms with Crippen LogP contribution in [0.1, 0.15) is 19.3 Å². The number of fused-ring (bicyclic) bond motifs is 1. The number of thioether (sulfide) groups is 1. The Kier molecular flexibility index (Phi) is 4.10. The summed E-state index contributed by atoms with van der Waals surface area (Å²) < 4.78 is 11.3. The number of rotatable bonds is 5. The van der Waals surface area contributed by atoms with Gasteiger partial charge in [0.05, 0.1) is 25.4 Å². The van der Waals surface area contributed by atoms with Gasteiger partial charge in [-0.2, -0.15) is 0 Å². The molecule has 20 heavy (non-hydrogen) atoms. The molecule has 1 heterocycles. The maximum Gasteiger partial charge on any atom is 0.162 e. The van der Waals surface area contributed by atoms with E-state index >= 15 is 0 Å². The van der Waals surface area contributed by atoms with Crippen LogP contribution in [-0.4, -0.2) is 36.2 Å². The molecule has 1 aromatic rings. The summed E-state index contributed by atoms with van der Waals surface area (Å²) in [6.07, 6.45) is 3.19. The molecule has 110 valence electrons. The summed E-state index contributed by atoms with van der Waals surface area (Å²) in [5.41, 5.74) is 5.84. The zero-order valence-corrected chi connectivity index (χ0v) is 12.3. The van der Waals surface area contributed by atoms with E-state index in [2.05, 4.69) is 0 Å². The molecule has 5 heteroatoms. The Hall–Kier alpha value is -0.910. The third-order valence-corrected chi connectivity index (χ3v) is 5.18. The van der Waals surface area contributed by atoms with Gasteiger partial charge in [0.2, 0.25) is 0 Å². The highest BCUT2D eigenvalue weighted by Crippen LogP contribution is 2.41. The van der Waals surface area contributed by atoms with Gasteiger partial charge >= 0.3 is 0 Å². The van der Waals surface area contributed by atoms with E-state index in [1.54, 1.807) is 11.8 Å². The van der Waals surface area contributed by atoms with Gasteiger partial charge < -0.3 is 20.3 Å². The molecule has 2 aliphatic rings. The van der Waals surface area contributed by atoms with Crippen LogP contribution in [0, 0.1) is 5.92 Å². The predicted octanol–water partition coefficient (Wildman–Crippen LogP) is 2.04. The van der Waals surface area contributed by atoms with Crippen LogP contribution in [0.15, 0.2) is 23.1 Å². The van der Waals surface area contributed by atoms with E-state index in [4.69, 9.17) is 15.2 Å². The van der Waals surface area contributed by atoms with E-state index in [1.165, 1.54) is 0 Å². The lowest BCUT2D eigenvalue weighted by Gasteiger charge is -2.26. The molecule has 0 aromatic heterocycles. The van der Waals surface area contributed by atoms with Crippen molar-refractivity contribution >= 4 is 11.8 Å². The first kappa shape index (κ1) is 14.0. The van der Waals surface area contributed by atoms with Gasteiger partial charge in [0, 0.05) is 17.1 Å². The smallest absolute Gasteiger partial charge is 0.162 e. The first-order chi connectivity index (χ1) is 9.71. The van der Waals surface area contributed by atoms with Gasteiger partial charge in [-0.05, 0) is 37.0 Å². The molecule has 3 rings (SSSR count). The molecule has 3 N–H and O–H groups in total. The Balaban J connectivity index is 1.67. The molecule has 0 spiro atoms. The highest BCUT2D eigenvalue weighted by atomic mass is 32.2. The number of hydrogen-bond acceptors (Lipinski definition) is 5. The standard InChI is InChI=1S/C15H21NO3S/c16-15(9-17,11-2-3-11)10-20-12-4-5-13-14(8-12)19-7-1-6-18-13/h4-5,8,11,17H,1-3,6-7,9-10,16H2. The fourth-order valence-electron chi connectivity index (χ4n) is 2.40. The Morgan fingerprint density at radius 3 is 2.70 bits per heavy atom. The van der Waals surface area contributed by atoms with Crippen LogP contribution in [0.25, 0.3) is 0 Å². The summed E-state index contributed by atoms with van der Waals surface area (Å²) in [5, 5.41) is 9.52. The molecule has 4 nitrogen and oxygen atoms in total. The molecule has 1 saturated carbocycles. The third-order valence-electron chi connectivity index (χ3n) is 3.91. The number of aliphatic hydroxyl groups excluding tert-OH is 1. The average Bonchev–Trinajstić information content (AvgIpc) is 3.30. The number of aliphatic hydroxyl groups is 1. The van der Waals surface area contributed by atoms with Crippen LogP contribution in [0.3, 0.4) is 0 Å². The molecule has 0 bridgehead atoms. The van der Waals surface area contributed by atoms with Crippen molar-refractivity contribution < 1.29 is 14.6 Å². The summed E-state index contributed by atoms with van der Waals surface area (Å²) >= 11 is 1.68. The maximum atomic E-state index is 9.52. The number of ether oxygens (including phenoxy) is 2. The van der Waals surface area contributed by atoms with Crippen molar-refractivity contribution in [3.8, 4) is 11.5 Å². The zero-order valence-electron chi connectivity index (χ0n) is 11.5. The van der Waals surface area contributed by atoms with Crippen LogP contribution in [-0.2, 0) is 0 Å². The highest BCUT2D eigenvalue weighted by molar-refractivity contribution is 7.99. The maximum absolute atomic E-state index is 9.52. The summed E-state index contributed by atoms with van der Waals surface area (Å²) in [5.74, 6) is 2.83. The normalized spacial score (nSPS) is 21.1. The fourth-order valence-corrected chi connectivity index (χ4v) is 3.52. The Morgan fingerprint density at radius 2 is 2.00 bits per heavy atom. The van der Waals surface area contributed by atoms with Gasteiger partial charge in [-0.1, -0.05) is 0 Å². The van der Waals surface area contributed by atoms with E-state index in [9.17, 15) is 5.11 Å². The second-order valence-electron chi connectivity index (χ2n) is 5.61. The minimum atomic E-state index is -0.450. The fraction of sp³-hybridized carbons (Fsp3) is 0.600. The SMILES string of the molecule is NC(CO)(CSc1ccc2c(c1)OCCCO2)C1CC1. The molecule has 1 atom stereocenters. The largest absolute Gasteiger partial charge is 0.490 e. The van der Waals surface area contributed by atoms with E-state index in [0.717, 1.165) is 41.4 Å². The van der Waals surface area contributed by atoms with Crippen molar-refractivity contribution in [2.45, 2.75) is 29.7 Å². The monoisotopic (exact) mass is 295 g/mol.